The molecule has 13 heavy (non-hydrogen) atoms. The second kappa shape index (κ2) is 2.70. The minimum absolute atomic E-state index is 0.171. The molecule has 0 aromatic carbocycles. The average Bonchev–Trinajstić information content (AvgIpc) is 2.12. The van der Waals surface area contributed by atoms with Crippen molar-refractivity contribution in [3.05, 3.63) is 31.1 Å². The first kappa shape index (κ1) is 8.00. The van der Waals surface area contributed by atoms with E-state index >= 15 is 0 Å². The number of hydrogen-bond acceptors (Lipinski definition) is 3. The molecule has 1 aliphatic carbocycles. The molecule has 5 nitrogen and oxygen atoms in total. The van der Waals surface area contributed by atoms with E-state index in [1.54, 1.807) is 12.2 Å². The zero-order chi connectivity index (χ0) is 9.42. The quantitative estimate of drug-likeness (QED) is 0.406. The van der Waals surface area contributed by atoms with Crippen LogP contribution >= 0.6 is 0 Å². The fourth-order valence-electron chi connectivity index (χ4n) is 1.40. The van der Waals surface area contributed by atoms with Gasteiger partial charge in [-0.25, -0.2) is 0 Å². The van der Waals surface area contributed by atoms with Gasteiger partial charge in [0, 0.05) is 11.3 Å². The molecule has 4 N–H and O–H groups in total. The molecular weight excluding hydrogens is 170 g/mol. The van der Waals surface area contributed by atoms with Gasteiger partial charge in [-0.05, 0) is 6.42 Å². The number of nitrogens with two attached hydrogens (primary N) is 1. The number of nitrogens with one attached hydrogen (secondary N) is 2. The first-order valence-corrected chi connectivity index (χ1v) is 3.97. The summed E-state index contributed by atoms with van der Waals surface area (Å²) in [5.74, 6) is 0. The largest absolute Gasteiger partial charge is 0.324 e. The normalized spacial score (nSPS) is 19.9. The topological polar surface area (TPSA) is 91.7 Å². The summed E-state index contributed by atoms with van der Waals surface area (Å²) in [7, 11) is 0. The lowest BCUT2D eigenvalue weighted by molar-refractivity contribution is 0.858. The van der Waals surface area contributed by atoms with Crippen molar-refractivity contribution in [2.45, 2.75) is 12.5 Å². The van der Waals surface area contributed by atoms with Gasteiger partial charge in [-0.1, -0.05) is 12.2 Å². The highest BCUT2D eigenvalue weighted by Gasteiger charge is 2.05. The zero-order valence-corrected chi connectivity index (χ0v) is 6.83. The monoisotopic (exact) mass is 179 g/mol. The fraction of sp³-hybridized carbons (Fsp3) is 0.250. The Morgan fingerprint density at radius 1 is 1.23 bits per heavy atom. The molecular formula is C8H9N3O2. The molecule has 0 radical (unpaired) electrons. The van der Waals surface area contributed by atoms with E-state index in [0.717, 1.165) is 0 Å². The smallest absolute Gasteiger partial charge is 0.270 e. The van der Waals surface area contributed by atoms with Crippen molar-refractivity contribution < 1.29 is 0 Å². The number of H-pyrrole nitrogens is 2. The van der Waals surface area contributed by atoms with Crippen LogP contribution in [0.25, 0.3) is 12.2 Å². The number of aromatic amines is 2. The van der Waals surface area contributed by atoms with Crippen LogP contribution in [0.5, 0.6) is 0 Å². The van der Waals surface area contributed by atoms with E-state index in [1.165, 1.54) is 0 Å². The third-order valence-electron chi connectivity index (χ3n) is 2.04. The zero-order valence-electron chi connectivity index (χ0n) is 6.83. The van der Waals surface area contributed by atoms with E-state index in [0.29, 0.717) is 16.9 Å². The Balaban J connectivity index is 3.02. The van der Waals surface area contributed by atoms with Gasteiger partial charge in [0.05, 0.1) is 5.22 Å². The molecule has 1 aliphatic rings. The van der Waals surface area contributed by atoms with Crippen LogP contribution in [0.15, 0.2) is 9.59 Å². The molecule has 0 saturated heterocycles. The van der Waals surface area contributed by atoms with Crippen molar-refractivity contribution in [1.82, 2.24) is 10.2 Å². The fourth-order valence-corrected chi connectivity index (χ4v) is 1.40. The molecule has 5 heteroatoms. The van der Waals surface area contributed by atoms with Crippen LogP contribution in [0.4, 0.5) is 0 Å². The standard InChI is InChI=1S/C8H9N3O2/c9-4-1-2-5-6(3-4)8(13)11-10-7(5)12/h2-4H,1,9H2,(H,10,12)(H,11,13). The van der Waals surface area contributed by atoms with Crippen molar-refractivity contribution in [3.63, 3.8) is 0 Å². The van der Waals surface area contributed by atoms with Gasteiger partial charge in [0.25, 0.3) is 11.1 Å². The molecule has 2 rings (SSSR count). The Morgan fingerprint density at radius 3 is 2.54 bits per heavy atom. The highest BCUT2D eigenvalue weighted by molar-refractivity contribution is 5.41. The SMILES string of the molecule is NC1C=c2c(=O)[nH][nH]c(=O)c2=CC1. The Bertz CT molecular complexity index is 552. The second-order valence-corrected chi connectivity index (χ2v) is 3.01. The van der Waals surface area contributed by atoms with Gasteiger partial charge in [0.1, 0.15) is 0 Å². The van der Waals surface area contributed by atoms with Gasteiger partial charge in [0.2, 0.25) is 0 Å². The van der Waals surface area contributed by atoms with Crippen LogP contribution in [0.1, 0.15) is 6.42 Å². The lowest BCUT2D eigenvalue weighted by Gasteiger charge is -2.05. The van der Waals surface area contributed by atoms with E-state index in [9.17, 15) is 9.59 Å². The number of fused-ring (bicyclic) bond motifs is 1. The van der Waals surface area contributed by atoms with Crippen LogP contribution < -0.4 is 27.3 Å². The van der Waals surface area contributed by atoms with E-state index in [4.69, 9.17) is 5.73 Å². The molecule has 1 heterocycles. The van der Waals surface area contributed by atoms with Crippen molar-refractivity contribution in [2.75, 3.05) is 0 Å². The highest BCUT2D eigenvalue weighted by Crippen LogP contribution is 1.90. The summed E-state index contributed by atoms with van der Waals surface area (Å²) < 4.78 is 0. The summed E-state index contributed by atoms with van der Waals surface area (Å²) >= 11 is 0. The third kappa shape index (κ3) is 1.23. The summed E-state index contributed by atoms with van der Waals surface area (Å²) in [5, 5.41) is 5.30. The summed E-state index contributed by atoms with van der Waals surface area (Å²) in [6.07, 6.45) is 3.90. The van der Waals surface area contributed by atoms with E-state index in [-0.39, 0.29) is 17.2 Å². The van der Waals surface area contributed by atoms with Crippen molar-refractivity contribution >= 4 is 12.2 Å². The van der Waals surface area contributed by atoms with E-state index in [1.807, 2.05) is 0 Å². The molecule has 68 valence electrons. The van der Waals surface area contributed by atoms with Crippen LogP contribution in [0.3, 0.4) is 0 Å². The average molecular weight is 179 g/mol. The van der Waals surface area contributed by atoms with Crippen LogP contribution in [-0.4, -0.2) is 16.2 Å². The molecule has 0 amide bonds. The predicted octanol–water partition coefficient (Wildman–Crippen LogP) is -2.64. The maximum absolute atomic E-state index is 11.2. The predicted molar refractivity (Wildman–Crippen MR) is 48.5 cm³/mol. The van der Waals surface area contributed by atoms with Gasteiger partial charge in [-0.2, -0.15) is 0 Å². The van der Waals surface area contributed by atoms with Crippen LogP contribution in [-0.2, 0) is 0 Å². The summed E-state index contributed by atoms with van der Waals surface area (Å²) in [5.41, 5.74) is 5.03. The summed E-state index contributed by atoms with van der Waals surface area (Å²) in [6, 6.07) is -0.171. The van der Waals surface area contributed by atoms with E-state index in [2.05, 4.69) is 10.2 Å². The number of rotatable bonds is 0. The minimum atomic E-state index is -0.305. The summed E-state index contributed by atoms with van der Waals surface area (Å²) in [4.78, 5) is 22.4. The second-order valence-electron chi connectivity index (χ2n) is 3.01. The molecule has 0 spiro atoms. The molecule has 1 aromatic heterocycles. The Morgan fingerprint density at radius 2 is 1.85 bits per heavy atom. The summed E-state index contributed by atoms with van der Waals surface area (Å²) in [6.45, 7) is 0. The number of aromatic nitrogens is 2. The van der Waals surface area contributed by atoms with Crippen LogP contribution in [0, 0.1) is 0 Å². The lowest BCUT2D eigenvalue weighted by Crippen LogP contribution is -2.53. The molecule has 1 aromatic rings. The van der Waals surface area contributed by atoms with Crippen molar-refractivity contribution in [3.8, 4) is 0 Å². The van der Waals surface area contributed by atoms with Crippen molar-refractivity contribution in [1.29, 1.82) is 0 Å². The molecule has 0 fully saturated rings. The molecule has 0 aliphatic heterocycles. The first-order valence-electron chi connectivity index (χ1n) is 3.97. The Labute approximate surface area is 72.6 Å². The maximum atomic E-state index is 11.2. The minimum Gasteiger partial charge on any atom is -0.324 e. The van der Waals surface area contributed by atoms with Crippen molar-refractivity contribution in [2.24, 2.45) is 5.73 Å². The Hall–Kier alpha value is -1.62. The maximum Gasteiger partial charge on any atom is 0.270 e. The third-order valence-corrected chi connectivity index (χ3v) is 2.04. The molecule has 1 atom stereocenters. The number of hydrogen-bond donors (Lipinski definition) is 3. The van der Waals surface area contributed by atoms with Gasteiger partial charge >= 0.3 is 0 Å². The van der Waals surface area contributed by atoms with Gasteiger partial charge in [0.15, 0.2) is 0 Å². The van der Waals surface area contributed by atoms with Gasteiger partial charge in [-0.3, -0.25) is 19.8 Å². The molecule has 0 bridgehead atoms. The Kier molecular flexibility index (Phi) is 1.66. The molecule has 0 saturated carbocycles. The van der Waals surface area contributed by atoms with E-state index < -0.39 is 0 Å². The first-order chi connectivity index (χ1) is 6.18. The molecule has 1 unspecified atom stereocenters. The lowest BCUT2D eigenvalue weighted by atomic mass is 10.1. The van der Waals surface area contributed by atoms with Gasteiger partial charge in [-0.15, -0.1) is 0 Å². The van der Waals surface area contributed by atoms with Gasteiger partial charge < -0.3 is 5.73 Å². The highest BCUT2D eigenvalue weighted by atomic mass is 16.1. The van der Waals surface area contributed by atoms with Crippen LogP contribution in [0.2, 0.25) is 0 Å².